The first-order valence-electron chi connectivity index (χ1n) is 8.51. The fraction of sp³-hybridized carbons (Fsp3) is 0.158. The maximum absolute atomic E-state index is 5.88. The molecular weight excluding hydrogens is 414 g/mol. The van der Waals surface area contributed by atoms with Gasteiger partial charge in [0.15, 0.2) is 0 Å². The van der Waals surface area contributed by atoms with Crippen LogP contribution in [0.4, 0.5) is 0 Å². The molecule has 0 atom stereocenters. The van der Waals surface area contributed by atoms with E-state index in [0.29, 0.717) is 23.9 Å². The maximum Gasteiger partial charge on any atom is 0.210 e. The van der Waals surface area contributed by atoms with Gasteiger partial charge in [0.2, 0.25) is 5.16 Å². The van der Waals surface area contributed by atoms with Gasteiger partial charge in [0, 0.05) is 16.2 Å². The molecule has 0 bridgehead atoms. The molecule has 0 aliphatic carbocycles. The summed E-state index contributed by atoms with van der Waals surface area (Å²) in [5.41, 5.74) is 2.14. The van der Waals surface area contributed by atoms with Crippen LogP contribution in [0.25, 0.3) is 0 Å². The van der Waals surface area contributed by atoms with Crippen LogP contribution in [0, 0.1) is 0 Å². The molecule has 0 amide bonds. The van der Waals surface area contributed by atoms with E-state index in [4.69, 9.17) is 16.3 Å². The lowest BCUT2D eigenvalue weighted by Gasteiger charge is -2.04. The van der Waals surface area contributed by atoms with E-state index >= 15 is 0 Å². The Morgan fingerprint density at radius 2 is 1.89 bits per heavy atom. The summed E-state index contributed by atoms with van der Waals surface area (Å²) in [5, 5.41) is 16.4. The average molecular weight is 430 g/mol. The molecule has 0 saturated heterocycles. The molecule has 9 heteroatoms. The molecule has 0 aliphatic heterocycles. The Balaban J connectivity index is 1.31. The summed E-state index contributed by atoms with van der Waals surface area (Å²) in [6, 6.07) is 17.4. The van der Waals surface area contributed by atoms with Gasteiger partial charge in [0.1, 0.15) is 17.4 Å². The number of benzene rings is 2. The van der Waals surface area contributed by atoms with Gasteiger partial charge < -0.3 is 4.74 Å². The summed E-state index contributed by atoms with van der Waals surface area (Å²) < 4.78 is 7.54. The highest BCUT2D eigenvalue weighted by Crippen LogP contribution is 2.23. The number of nitrogens with zero attached hydrogens (tertiary/aromatic N) is 5. The van der Waals surface area contributed by atoms with Gasteiger partial charge in [-0.3, -0.25) is 0 Å². The Morgan fingerprint density at radius 3 is 2.71 bits per heavy atom. The third-order valence-electron chi connectivity index (χ3n) is 3.80. The van der Waals surface area contributed by atoms with Crippen LogP contribution >= 0.6 is 34.7 Å². The average Bonchev–Trinajstić information content (AvgIpc) is 3.36. The molecule has 0 radical (unpaired) electrons. The Morgan fingerprint density at radius 1 is 1.07 bits per heavy atom. The van der Waals surface area contributed by atoms with Crippen molar-refractivity contribution in [2.24, 2.45) is 0 Å². The summed E-state index contributed by atoms with van der Waals surface area (Å²) in [6.45, 7) is 1.08. The lowest BCUT2D eigenvalue weighted by atomic mass is 10.2. The SMILES string of the molecule is Clc1ccc(OCc2nc(CSc3nnnn3Cc3ccccc3)cs2)cc1. The first-order valence-corrected chi connectivity index (χ1v) is 10.7. The minimum atomic E-state index is 0.433. The topological polar surface area (TPSA) is 65.7 Å². The van der Waals surface area contributed by atoms with Gasteiger partial charge in [-0.15, -0.1) is 16.4 Å². The zero-order valence-corrected chi connectivity index (χ0v) is 17.1. The van der Waals surface area contributed by atoms with Crippen LogP contribution in [0.2, 0.25) is 5.02 Å². The first-order chi connectivity index (χ1) is 13.8. The van der Waals surface area contributed by atoms with E-state index < -0.39 is 0 Å². The van der Waals surface area contributed by atoms with Crippen molar-refractivity contribution in [3.05, 3.63) is 81.3 Å². The van der Waals surface area contributed by atoms with Crippen molar-refractivity contribution in [2.45, 2.75) is 24.1 Å². The highest BCUT2D eigenvalue weighted by molar-refractivity contribution is 7.98. The van der Waals surface area contributed by atoms with Crippen LogP contribution in [0.1, 0.15) is 16.3 Å². The van der Waals surface area contributed by atoms with Gasteiger partial charge in [-0.25, -0.2) is 9.67 Å². The summed E-state index contributed by atoms with van der Waals surface area (Å²) >= 11 is 9.03. The minimum Gasteiger partial charge on any atom is -0.486 e. The van der Waals surface area contributed by atoms with Gasteiger partial charge in [-0.1, -0.05) is 53.7 Å². The number of aromatic nitrogens is 5. The third kappa shape index (κ3) is 5.09. The standard InChI is InChI=1S/C19H16ClN5OS2/c20-15-6-8-17(9-7-15)26-11-18-21-16(12-27-18)13-28-19-22-23-24-25(19)10-14-4-2-1-3-5-14/h1-9,12H,10-11,13H2. The smallest absolute Gasteiger partial charge is 0.210 e. The molecule has 0 unspecified atom stereocenters. The largest absolute Gasteiger partial charge is 0.486 e. The number of thioether (sulfide) groups is 1. The molecule has 4 aromatic rings. The van der Waals surface area contributed by atoms with Crippen LogP contribution in [0.5, 0.6) is 5.75 Å². The number of halogens is 1. The van der Waals surface area contributed by atoms with Gasteiger partial charge >= 0.3 is 0 Å². The molecule has 0 saturated carbocycles. The van der Waals surface area contributed by atoms with E-state index in [-0.39, 0.29) is 0 Å². The normalized spacial score (nSPS) is 10.9. The highest BCUT2D eigenvalue weighted by atomic mass is 35.5. The lowest BCUT2D eigenvalue weighted by molar-refractivity contribution is 0.305. The van der Waals surface area contributed by atoms with Crippen LogP contribution < -0.4 is 4.74 Å². The summed E-state index contributed by atoms with van der Waals surface area (Å²) in [6.07, 6.45) is 0. The Bertz CT molecular complexity index is 1020. The van der Waals surface area contributed by atoms with Crippen molar-refractivity contribution in [1.82, 2.24) is 25.2 Å². The molecule has 0 N–H and O–H groups in total. The monoisotopic (exact) mass is 429 g/mol. The fourth-order valence-corrected chi connectivity index (χ4v) is 4.16. The molecular formula is C19H16ClN5OS2. The number of hydrogen-bond donors (Lipinski definition) is 0. The lowest BCUT2D eigenvalue weighted by Crippen LogP contribution is -2.03. The molecule has 142 valence electrons. The molecule has 6 nitrogen and oxygen atoms in total. The molecule has 28 heavy (non-hydrogen) atoms. The number of hydrogen-bond acceptors (Lipinski definition) is 7. The highest BCUT2D eigenvalue weighted by Gasteiger charge is 2.10. The van der Waals surface area contributed by atoms with Crippen molar-refractivity contribution >= 4 is 34.7 Å². The number of thiazole rings is 1. The summed E-state index contributed by atoms with van der Waals surface area (Å²) in [7, 11) is 0. The van der Waals surface area contributed by atoms with E-state index in [1.807, 2.05) is 35.7 Å². The zero-order chi connectivity index (χ0) is 19.2. The van der Waals surface area contributed by atoms with Crippen LogP contribution in [-0.4, -0.2) is 25.2 Å². The fourth-order valence-electron chi connectivity index (χ4n) is 2.45. The van der Waals surface area contributed by atoms with E-state index in [2.05, 4.69) is 32.6 Å². The minimum absolute atomic E-state index is 0.433. The summed E-state index contributed by atoms with van der Waals surface area (Å²) in [4.78, 5) is 4.62. The van der Waals surface area contributed by atoms with Gasteiger partial charge in [0.05, 0.1) is 12.2 Å². The molecule has 0 aliphatic rings. The van der Waals surface area contributed by atoms with Crippen molar-refractivity contribution in [3.8, 4) is 5.75 Å². The quantitative estimate of drug-likeness (QED) is 0.378. The van der Waals surface area contributed by atoms with Crippen LogP contribution in [0.15, 0.2) is 65.1 Å². The molecule has 4 rings (SSSR count). The van der Waals surface area contributed by atoms with Crippen LogP contribution in [0.3, 0.4) is 0 Å². The molecule has 2 aromatic heterocycles. The number of rotatable bonds is 8. The molecule has 0 fully saturated rings. The Kier molecular flexibility index (Phi) is 6.20. The van der Waals surface area contributed by atoms with E-state index in [0.717, 1.165) is 27.2 Å². The van der Waals surface area contributed by atoms with Gasteiger partial charge in [-0.05, 0) is 40.3 Å². The van der Waals surface area contributed by atoms with E-state index in [9.17, 15) is 0 Å². The predicted octanol–water partition coefficient (Wildman–Crippen LogP) is 4.70. The van der Waals surface area contributed by atoms with Gasteiger partial charge in [0.25, 0.3) is 0 Å². The van der Waals surface area contributed by atoms with Crippen molar-refractivity contribution in [3.63, 3.8) is 0 Å². The van der Waals surface area contributed by atoms with Crippen molar-refractivity contribution < 1.29 is 4.74 Å². The molecule has 0 spiro atoms. The predicted molar refractivity (Wildman–Crippen MR) is 111 cm³/mol. The maximum atomic E-state index is 5.88. The van der Waals surface area contributed by atoms with Crippen LogP contribution in [-0.2, 0) is 18.9 Å². The Hall–Kier alpha value is -2.42. The van der Waals surface area contributed by atoms with Crippen molar-refractivity contribution in [1.29, 1.82) is 0 Å². The van der Waals surface area contributed by atoms with Gasteiger partial charge in [-0.2, -0.15) is 0 Å². The molecule has 2 aromatic carbocycles. The van der Waals surface area contributed by atoms with E-state index in [1.54, 1.807) is 39.9 Å². The number of tetrazole rings is 1. The van der Waals surface area contributed by atoms with Crippen molar-refractivity contribution in [2.75, 3.05) is 0 Å². The van der Waals surface area contributed by atoms with E-state index in [1.165, 1.54) is 0 Å². The first kappa shape index (κ1) is 18.9. The zero-order valence-electron chi connectivity index (χ0n) is 14.7. The summed E-state index contributed by atoms with van der Waals surface area (Å²) in [5.74, 6) is 1.47. The second-order valence-electron chi connectivity index (χ2n) is 5.87. The second kappa shape index (κ2) is 9.18. The molecule has 2 heterocycles. The Labute approximate surface area is 175 Å². The second-order valence-corrected chi connectivity index (χ2v) is 8.19. The number of ether oxygens (including phenoxy) is 1. The third-order valence-corrected chi connectivity index (χ3v) is 5.91.